The highest BCUT2D eigenvalue weighted by molar-refractivity contribution is 6.23. The van der Waals surface area contributed by atoms with E-state index in [2.05, 4.69) is 19.2 Å². The molecule has 0 radical (unpaired) electrons. The van der Waals surface area contributed by atoms with Crippen molar-refractivity contribution in [3.8, 4) is 11.1 Å². The molecule has 0 aliphatic carbocycles. The van der Waals surface area contributed by atoms with Crippen LogP contribution in [0.15, 0.2) is 48.5 Å². The lowest BCUT2D eigenvalue weighted by Gasteiger charge is -2.28. The molecule has 2 N–H and O–H groups in total. The maximum atomic E-state index is 13.9. The van der Waals surface area contributed by atoms with Gasteiger partial charge in [-0.2, -0.15) is 0 Å². The number of nitrogens with one attached hydrogen (secondary N) is 1. The SMILES string of the molecule is Cc1ccc(-c2c(CNC(=O)O)c(CC(C)C)nc(C)c2N2C(=O)C3Cc4ccccc4CN3C2=O)cc1. The van der Waals surface area contributed by atoms with Crippen molar-refractivity contribution in [3.05, 3.63) is 82.2 Å². The van der Waals surface area contributed by atoms with Crippen molar-refractivity contribution in [2.75, 3.05) is 4.90 Å². The average Bonchev–Trinajstić information content (AvgIpc) is 3.11. The minimum absolute atomic E-state index is 0.00960. The van der Waals surface area contributed by atoms with Gasteiger partial charge in [0, 0.05) is 36.3 Å². The predicted molar refractivity (Wildman–Crippen MR) is 145 cm³/mol. The number of aryl methyl sites for hydroxylation is 2. The predicted octanol–water partition coefficient (Wildman–Crippen LogP) is 5.23. The van der Waals surface area contributed by atoms with Gasteiger partial charge in [-0.3, -0.25) is 9.78 Å². The Hall–Kier alpha value is -4.20. The number of fused-ring (bicyclic) bond motifs is 2. The van der Waals surface area contributed by atoms with Crippen LogP contribution in [0, 0.1) is 19.8 Å². The van der Waals surface area contributed by atoms with E-state index in [-0.39, 0.29) is 24.4 Å². The fourth-order valence-electron chi connectivity index (χ4n) is 5.53. The summed E-state index contributed by atoms with van der Waals surface area (Å²) in [5, 5.41) is 11.9. The monoisotopic (exact) mass is 512 g/mol. The maximum absolute atomic E-state index is 13.9. The van der Waals surface area contributed by atoms with Crippen molar-refractivity contribution in [3.63, 3.8) is 0 Å². The Morgan fingerprint density at radius 1 is 1.08 bits per heavy atom. The van der Waals surface area contributed by atoms with Gasteiger partial charge in [-0.05, 0) is 42.9 Å². The molecule has 196 valence electrons. The van der Waals surface area contributed by atoms with E-state index in [1.165, 1.54) is 4.90 Å². The van der Waals surface area contributed by atoms with Gasteiger partial charge in [0.05, 0.1) is 11.4 Å². The molecule has 0 spiro atoms. The van der Waals surface area contributed by atoms with E-state index in [0.29, 0.717) is 41.9 Å². The van der Waals surface area contributed by atoms with Crippen LogP contribution >= 0.6 is 0 Å². The van der Waals surface area contributed by atoms with Crippen molar-refractivity contribution in [1.29, 1.82) is 0 Å². The maximum Gasteiger partial charge on any atom is 0.404 e. The lowest BCUT2D eigenvalue weighted by molar-refractivity contribution is -0.120. The third-order valence-electron chi connectivity index (χ3n) is 7.31. The molecule has 2 aromatic carbocycles. The number of urea groups is 1. The summed E-state index contributed by atoms with van der Waals surface area (Å²) in [6.07, 6.45) is -0.0638. The summed E-state index contributed by atoms with van der Waals surface area (Å²) in [6, 6.07) is 14.8. The molecule has 8 nitrogen and oxygen atoms in total. The van der Waals surface area contributed by atoms with Gasteiger partial charge in [0.25, 0.3) is 5.91 Å². The summed E-state index contributed by atoms with van der Waals surface area (Å²) in [5.74, 6) is -0.0127. The number of hydrogen-bond acceptors (Lipinski definition) is 4. The molecule has 1 aromatic heterocycles. The first-order valence-electron chi connectivity index (χ1n) is 12.9. The second-order valence-electron chi connectivity index (χ2n) is 10.5. The summed E-state index contributed by atoms with van der Waals surface area (Å²) in [5.41, 5.74) is 7.08. The van der Waals surface area contributed by atoms with Gasteiger partial charge < -0.3 is 15.3 Å². The summed E-state index contributed by atoms with van der Waals surface area (Å²) >= 11 is 0. The van der Waals surface area contributed by atoms with Crippen molar-refractivity contribution >= 4 is 23.7 Å². The number of carboxylic acid groups (broad SMARTS) is 1. The first kappa shape index (κ1) is 25.4. The van der Waals surface area contributed by atoms with E-state index >= 15 is 0 Å². The van der Waals surface area contributed by atoms with E-state index < -0.39 is 12.1 Å². The lowest BCUT2D eigenvalue weighted by atomic mass is 9.91. The fourth-order valence-corrected chi connectivity index (χ4v) is 5.53. The largest absolute Gasteiger partial charge is 0.465 e. The van der Waals surface area contributed by atoms with Gasteiger partial charge in [-0.1, -0.05) is 67.9 Å². The number of hydrogen-bond donors (Lipinski definition) is 2. The van der Waals surface area contributed by atoms with Gasteiger partial charge in [-0.25, -0.2) is 14.5 Å². The fraction of sp³-hybridized carbons (Fsp3) is 0.333. The number of rotatable bonds is 6. The van der Waals surface area contributed by atoms with E-state index in [4.69, 9.17) is 4.98 Å². The standard InChI is InChI=1S/C30H32N4O4/c1-17(2)13-24-23(15-31-29(36)37)26(20-11-9-18(3)10-12-20)27(19(4)32-24)34-28(35)25-14-21-7-5-6-8-22(21)16-33(25)30(34)38/h5-12,17,25,31H,13-16H2,1-4H3,(H,36,37). The van der Waals surface area contributed by atoms with Crippen LogP contribution in [0.2, 0.25) is 0 Å². The minimum atomic E-state index is -1.15. The average molecular weight is 513 g/mol. The van der Waals surface area contributed by atoms with Crippen molar-refractivity contribution in [2.45, 2.75) is 59.7 Å². The number of carbonyl (C=O) groups is 3. The topological polar surface area (TPSA) is 103 Å². The molecule has 3 heterocycles. The normalized spacial score (nSPS) is 16.6. The Balaban J connectivity index is 1.71. The number of nitrogens with zero attached hydrogens (tertiary/aromatic N) is 3. The number of carbonyl (C=O) groups excluding carboxylic acids is 2. The van der Waals surface area contributed by atoms with E-state index in [1.54, 1.807) is 4.90 Å². The molecule has 5 rings (SSSR count). The highest BCUT2D eigenvalue weighted by Gasteiger charge is 2.49. The molecule has 1 unspecified atom stereocenters. The summed E-state index contributed by atoms with van der Waals surface area (Å²) in [7, 11) is 0. The third-order valence-corrected chi connectivity index (χ3v) is 7.31. The number of amides is 4. The smallest absolute Gasteiger partial charge is 0.404 e. The molecule has 4 amide bonds. The van der Waals surface area contributed by atoms with Crippen molar-refractivity contribution < 1.29 is 19.5 Å². The highest BCUT2D eigenvalue weighted by Crippen LogP contribution is 2.42. The molecule has 0 saturated carbocycles. The summed E-state index contributed by atoms with van der Waals surface area (Å²) < 4.78 is 0. The van der Waals surface area contributed by atoms with Gasteiger partial charge in [-0.15, -0.1) is 0 Å². The molecule has 8 heteroatoms. The van der Waals surface area contributed by atoms with Crippen LogP contribution in [-0.4, -0.2) is 39.1 Å². The molecule has 1 saturated heterocycles. The Morgan fingerprint density at radius 2 is 1.76 bits per heavy atom. The molecular formula is C30H32N4O4. The zero-order chi connectivity index (χ0) is 27.1. The van der Waals surface area contributed by atoms with Crippen LogP contribution in [0.1, 0.15) is 47.5 Å². The van der Waals surface area contributed by atoms with Crippen molar-refractivity contribution in [1.82, 2.24) is 15.2 Å². The van der Waals surface area contributed by atoms with Crippen LogP contribution in [0.3, 0.4) is 0 Å². The number of imide groups is 1. The highest BCUT2D eigenvalue weighted by atomic mass is 16.4. The van der Waals surface area contributed by atoms with E-state index in [9.17, 15) is 19.5 Å². The van der Waals surface area contributed by atoms with Gasteiger partial charge in [0.1, 0.15) is 6.04 Å². The van der Waals surface area contributed by atoms with Crippen LogP contribution < -0.4 is 10.2 Å². The molecule has 1 atom stereocenters. The molecule has 1 fully saturated rings. The molecule has 0 bridgehead atoms. The first-order valence-corrected chi connectivity index (χ1v) is 12.9. The third kappa shape index (κ3) is 4.51. The summed E-state index contributed by atoms with van der Waals surface area (Å²) in [4.78, 5) is 47.1. The number of pyridine rings is 1. The van der Waals surface area contributed by atoms with Crippen LogP contribution in [0.4, 0.5) is 15.3 Å². The minimum Gasteiger partial charge on any atom is -0.465 e. The van der Waals surface area contributed by atoms with Gasteiger partial charge >= 0.3 is 12.1 Å². The quantitative estimate of drug-likeness (QED) is 0.441. The second-order valence-corrected chi connectivity index (χ2v) is 10.5. The molecule has 3 aromatic rings. The number of benzene rings is 2. The number of aromatic nitrogens is 1. The lowest BCUT2D eigenvalue weighted by Crippen LogP contribution is -2.39. The van der Waals surface area contributed by atoms with Gasteiger partial charge in [0.2, 0.25) is 0 Å². The zero-order valence-electron chi connectivity index (χ0n) is 22.1. The van der Waals surface area contributed by atoms with Gasteiger partial charge in [0.15, 0.2) is 0 Å². The van der Waals surface area contributed by atoms with Crippen molar-refractivity contribution in [2.24, 2.45) is 5.92 Å². The molecule has 2 aliphatic rings. The zero-order valence-corrected chi connectivity index (χ0v) is 22.1. The van der Waals surface area contributed by atoms with E-state index in [1.807, 2.05) is 62.4 Å². The molecule has 38 heavy (non-hydrogen) atoms. The van der Waals surface area contributed by atoms with Crippen LogP contribution in [-0.2, 0) is 30.7 Å². The van der Waals surface area contributed by atoms with Crippen LogP contribution in [0.5, 0.6) is 0 Å². The molecule has 2 aliphatic heterocycles. The Bertz CT molecular complexity index is 1390. The second kappa shape index (κ2) is 9.93. The first-order chi connectivity index (χ1) is 18.2. The molecular weight excluding hydrogens is 480 g/mol. The summed E-state index contributed by atoms with van der Waals surface area (Å²) in [6.45, 7) is 8.34. The Kier molecular flexibility index (Phi) is 6.65. The van der Waals surface area contributed by atoms with E-state index in [0.717, 1.165) is 27.9 Å². The van der Waals surface area contributed by atoms with Crippen LogP contribution in [0.25, 0.3) is 11.1 Å². The Labute approximate surface area is 222 Å². The number of anilines is 1. The Morgan fingerprint density at radius 3 is 2.42 bits per heavy atom.